The molecule has 1 aromatic carbocycles. The molecular formula is C19H16N4O4. The van der Waals surface area contributed by atoms with Crippen molar-refractivity contribution in [3.8, 4) is 0 Å². The maximum atomic E-state index is 12.3. The molecule has 3 aromatic heterocycles. The number of aromatic amines is 1. The van der Waals surface area contributed by atoms with Crippen LogP contribution in [0.5, 0.6) is 0 Å². The summed E-state index contributed by atoms with van der Waals surface area (Å²) in [5.41, 5.74) is 0.261. The lowest BCUT2D eigenvalue weighted by Gasteiger charge is -2.12. The topological polar surface area (TPSA) is 103 Å². The third kappa shape index (κ3) is 3.50. The molecule has 27 heavy (non-hydrogen) atoms. The highest BCUT2D eigenvalue weighted by Gasteiger charge is 2.19. The number of carbonyl (C=O) groups excluding carboxylic acids is 1. The second-order valence-corrected chi connectivity index (χ2v) is 5.99. The van der Waals surface area contributed by atoms with E-state index < -0.39 is 12.1 Å². The van der Waals surface area contributed by atoms with Crippen LogP contribution in [0.3, 0.4) is 0 Å². The Hall–Kier alpha value is -3.68. The predicted molar refractivity (Wildman–Crippen MR) is 96.2 cm³/mol. The maximum Gasteiger partial charge on any atom is 0.374 e. The molecule has 0 fully saturated rings. The molecule has 0 amide bonds. The van der Waals surface area contributed by atoms with Crippen LogP contribution in [-0.4, -0.2) is 25.7 Å². The number of benzene rings is 1. The summed E-state index contributed by atoms with van der Waals surface area (Å²) >= 11 is 0. The van der Waals surface area contributed by atoms with Crippen LogP contribution in [0.2, 0.25) is 0 Å². The van der Waals surface area contributed by atoms with E-state index in [1.165, 1.54) is 0 Å². The van der Waals surface area contributed by atoms with Crippen molar-refractivity contribution >= 4 is 16.9 Å². The molecule has 3 heterocycles. The first-order chi connectivity index (χ1) is 13.1. The van der Waals surface area contributed by atoms with Crippen LogP contribution < -0.4 is 5.56 Å². The van der Waals surface area contributed by atoms with Gasteiger partial charge in [0.25, 0.3) is 5.56 Å². The minimum absolute atomic E-state index is 0.0761. The number of esters is 1. The van der Waals surface area contributed by atoms with E-state index in [1.54, 1.807) is 66.5 Å². The Labute approximate surface area is 153 Å². The van der Waals surface area contributed by atoms with Crippen LogP contribution in [0, 0.1) is 0 Å². The number of aromatic nitrogens is 4. The number of furan rings is 1. The summed E-state index contributed by atoms with van der Waals surface area (Å²) in [6.45, 7) is 2.05. The lowest BCUT2D eigenvalue weighted by Crippen LogP contribution is -2.17. The van der Waals surface area contributed by atoms with Crippen molar-refractivity contribution in [2.24, 2.45) is 0 Å². The summed E-state index contributed by atoms with van der Waals surface area (Å²) in [7, 11) is 0. The predicted octanol–water partition coefficient (Wildman–Crippen LogP) is 2.68. The summed E-state index contributed by atoms with van der Waals surface area (Å²) in [5.74, 6) is 0.295. The van der Waals surface area contributed by atoms with Gasteiger partial charge in [0.15, 0.2) is 11.9 Å². The molecule has 8 nitrogen and oxygen atoms in total. The minimum atomic E-state index is -0.741. The number of nitrogens with zero attached hydrogens (tertiary/aromatic N) is 3. The van der Waals surface area contributed by atoms with Gasteiger partial charge in [-0.1, -0.05) is 12.1 Å². The first kappa shape index (κ1) is 16.8. The minimum Gasteiger partial charge on any atom is -0.452 e. The highest BCUT2D eigenvalue weighted by molar-refractivity contribution is 5.86. The molecule has 136 valence electrons. The monoisotopic (exact) mass is 364 g/mol. The van der Waals surface area contributed by atoms with Crippen LogP contribution in [0.4, 0.5) is 0 Å². The average Bonchev–Trinajstić information content (AvgIpc) is 3.34. The second kappa shape index (κ2) is 6.91. The van der Waals surface area contributed by atoms with Gasteiger partial charge >= 0.3 is 5.97 Å². The quantitative estimate of drug-likeness (QED) is 0.546. The lowest BCUT2D eigenvalue weighted by molar-refractivity contribution is 0.0281. The molecule has 8 heteroatoms. The molecule has 0 aliphatic rings. The number of hydrogen-bond acceptors (Lipinski definition) is 6. The molecule has 1 N–H and O–H groups in total. The van der Waals surface area contributed by atoms with E-state index in [9.17, 15) is 9.59 Å². The number of fused-ring (bicyclic) bond motifs is 1. The molecule has 0 radical (unpaired) electrons. The van der Waals surface area contributed by atoms with Gasteiger partial charge in [-0.3, -0.25) is 9.48 Å². The Morgan fingerprint density at radius 2 is 2.11 bits per heavy atom. The van der Waals surface area contributed by atoms with Gasteiger partial charge in [-0.2, -0.15) is 5.10 Å². The molecule has 0 saturated carbocycles. The van der Waals surface area contributed by atoms with Crippen molar-refractivity contribution in [1.82, 2.24) is 19.7 Å². The highest BCUT2D eigenvalue weighted by atomic mass is 16.6. The molecule has 0 aliphatic heterocycles. The van der Waals surface area contributed by atoms with Gasteiger partial charge in [0.1, 0.15) is 5.76 Å². The van der Waals surface area contributed by atoms with Crippen LogP contribution in [0.1, 0.15) is 35.2 Å². The highest BCUT2D eigenvalue weighted by Crippen LogP contribution is 2.18. The molecule has 1 atom stereocenters. The van der Waals surface area contributed by atoms with Crippen molar-refractivity contribution < 1.29 is 13.9 Å². The first-order valence-electron chi connectivity index (χ1n) is 8.36. The van der Waals surface area contributed by atoms with E-state index in [1.807, 2.05) is 0 Å². The number of H-pyrrole nitrogens is 1. The third-order valence-corrected chi connectivity index (χ3v) is 4.04. The number of carbonyl (C=O) groups is 1. The number of ether oxygens (including phenoxy) is 1. The fraction of sp³-hybridized carbons (Fsp3) is 0.158. The van der Waals surface area contributed by atoms with Crippen molar-refractivity contribution in [1.29, 1.82) is 0 Å². The van der Waals surface area contributed by atoms with Gasteiger partial charge in [0, 0.05) is 12.4 Å². The Morgan fingerprint density at radius 1 is 1.26 bits per heavy atom. The number of nitrogens with one attached hydrogen (secondary N) is 1. The van der Waals surface area contributed by atoms with Crippen LogP contribution in [-0.2, 0) is 11.3 Å². The number of para-hydroxylation sites is 1. The number of rotatable bonds is 5. The Bertz CT molecular complexity index is 1140. The van der Waals surface area contributed by atoms with Gasteiger partial charge in [0.2, 0.25) is 5.76 Å². The fourth-order valence-corrected chi connectivity index (χ4v) is 2.70. The number of hydrogen-bond donors (Lipinski definition) is 1. The van der Waals surface area contributed by atoms with E-state index in [-0.39, 0.29) is 17.1 Å². The molecule has 0 saturated heterocycles. The van der Waals surface area contributed by atoms with Crippen molar-refractivity contribution in [2.45, 2.75) is 19.6 Å². The first-order valence-corrected chi connectivity index (χ1v) is 8.36. The smallest absolute Gasteiger partial charge is 0.374 e. The van der Waals surface area contributed by atoms with Crippen molar-refractivity contribution in [2.75, 3.05) is 0 Å². The molecule has 0 spiro atoms. The van der Waals surface area contributed by atoms with Gasteiger partial charge in [-0.05, 0) is 37.3 Å². The maximum absolute atomic E-state index is 12.3. The lowest BCUT2D eigenvalue weighted by atomic mass is 10.2. The molecule has 4 aromatic rings. The molecule has 4 rings (SSSR count). The summed E-state index contributed by atoms with van der Waals surface area (Å²) in [6, 6.07) is 12.0. The van der Waals surface area contributed by atoms with E-state index in [4.69, 9.17) is 9.15 Å². The second-order valence-electron chi connectivity index (χ2n) is 5.99. The van der Waals surface area contributed by atoms with Crippen molar-refractivity contribution in [3.63, 3.8) is 0 Å². The molecule has 1 unspecified atom stereocenters. The van der Waals surface area contributed by atoms with Gasteiger partial charge in [0.05, 0.1) is 17.4 Å². The van der Waals surface area contributed by atoms with E-state index >= 15 is 0 Å². The molecule has 0 aliphatic carbocycles. The van der Waals surface area contributed by atoms with E-state index in [0.29, 0.717) is 23.2 Å². The van der Waals surface area contributed by atoms with Crippen LogP contribution >= 0.6 is 0 Å². The summed E-state index contributed by atoms with van der Waals surface area (Å²) in [4.78, 5) is 31.5. The summed E-state index contributed by atoms with van der Waals surface area (Å²) < 4.78 is 12.6. The zero-order valence-corrected chi connectivity index (χ0v) is 14.5. The van der Waals surface area contributed by atoms with Crippen molar-refractivity contribution in [3.05, 3.63) is 82.6 Å². The van der Waals surface area contributed by atoms with Gasteiger partial charge in [-0.15, -0.1) is 0 Å². The molecule has 0 bridgehead atoms. The normalized spacial score (nSPS) is 12.2. The fourth-order valence-electron chi connectivity index (χ4n) is 2.70. The van der Waals surface area contributed by atoms with Gasteiger partial charge in [-0.25, -0.2) is 9.78 Å². The summed E-state index contributed by atoms with van der Waals surface area (Å²) in [6.07, 6.45) is 2.72. The summed E-state index contributed by atoms with van der Waals surface area (Å²) in [5, 5.41) is 4.57. The van der Waals surface area contributed by atoms with E-state index in [2.05, 4.69) is 15.1 Å². The SMILES string of the molecule is CC(OC(=O)c1ccc(Cn2cccn2)o1)c1nc2ccccc2c(=O)[nH]1. The Balaban J connectivity index is 1.49. The zero-order chi connectivity index (χ0) is 18.8. The standard InChI is InChI=1S/C19H16N4O4/c1-12(17-21-15-6-3-2-5-14(15)18(24)22-17)26-19(25)16-8-7-13(27-16)11-23-10-4-9-20-23/h2-10,12H,11H2,1H3,(H,21,22,24). The van der Waals surface area contributed by atoms with Crippen LogP contribution in [0.15, 0.2) is 64.1 Å². The third-order valence-electron chi connectivity index (χ3n) is 4.04. The average molecular weight is 364 g/mol. The van der Waals surface area contributed by atoms with Crippen LogP contribution in [0.25, 0.3) is 10.9 Å². The Kier molecular flexibility index (Phi) is 4.29. The largest absolute Gasteiger partial charge is 0.452 e. The van der Waals surface area contributed by atoms with Gasteiger partial charge < -0.3 is 14.1 Å². The zero-order valence-electron chi connectivity index (χ0n) is 14.5. The molecular weight excluding hydrogens is 348 g/mol. The Morgan fingerprint density at radius 3 is 2.93 bits per heavy atom. The van der Waals surface area contributed by atoms with E-state index in [0.717, 1.165) is 0 Å².